The monoisotopic (exact) mass is 393 g/mol. The second-order valence-electron chi connectivity index (χ2n) is 8.18. The summed E-state index contributed by atoms with van der Waals surface area (Å²) >= 11 is 0. The van der Waals surface area contributed by atoms with E-state index in [9.17, 15) is 4.79 Å². The summed E-state index contributed by atoms with van der Waals surface area (Å²) in [4.78, 5) is 13.8. The van der Waals surface area contributed by atoms with Crippen LogP contribution in [0, 0.1) is 6.92 Å². The standard InChI is InChI=1S/C23H27N3O3/c1-16-7-6-8-19(13-16)28-15-21(27)26(5)14-20-24-25-22(29-20)17-9-11-18(12-10-17)23(2,3)4/h6-13H,14-15H2,1-5H3. The van der Waals surface area contributed by atoms with Crippen LogP contribution in [0.5, 0.6) is 5.75 Å². The van der Waals surface area contributed by atoms with Crippen molar-refractivity contribution < 1.29 is 13.9 Å². The van der Waals surface area contributed by atoms with Crippen LogP contribution in [0.4, 0.5) is 0 Å². The Morgan fingerprint density at radius 1 is 1.10 bits per heavy atom. The van der Waals surface area contributed by atoms with Gasteiger partial charge in [-0.05, 0) is 47.7 Å². The van der Waals surface area contributed by atoms with E-state index in [1.165, 1.54) is 10.5 Å². The van der Waals surface area contributed by atoms with Crippen LogP contribution in [0.1, 0.15) is 37.8 Å². The van der Waals surface area contributed by atoms with Crippen LogP contribution in [0.3, 0.4) is 0 Å². The lowest BCUT2D eigenvalue weighted by atomic mass is 9.87. The first kappa shape index (κ1) is 20.6. The molecule has 1 heterocycles. The summed E-state index contributed by atoms with van der Waals surface area (Å²) in [5, 5.41) is 8.17. The van der Waals surface area contributed by atoms with Gasteiger partial charge in [-0.25, -0.2) is 0 Å². The molecule has 152 valence electrons. The molecule has 0 N–H and O–H groups in total. The molecule has 0 radical (unpaired) electrons. The Bertz CT molecular complexity index is 972. The summed E-state index contributed by atoms with van der Waals surface area (Å²) in [5.41, 5.74) is 3.26. The van der Waals surface area contributed by atoms with E-state index >= 15 is 0 Å². The van der Waals surface area contributed by atoms with Crippen LogP contribution >= 0.6 is 0 Å². The molecule has 0 aliphatic rings. The minimum Gasteiger partial charge on any atom is -0.484 e. The number of hydrogen-bond donors (Lipinski definition) is 0. The van der Waals surface area contributed by atoms with Crippen molar-refractivity contribution in [2.45, 2.75) is 39.7 Å². The highest BCUT2D eigenvalue weighted by molar-refractivity contribution is 5.77. The number of benzene rings is 2. The minimum absolute atomic E-state index is 0.0464. The van der Waals surface area contributed by atoms with E-state index < -0.39 is 0 Å². The molecule has 6 heteroatoms. The van der Waals surface area contributed by atoms with Gasteiger partial charge in [-0.1, -0.05) is 45.0 Å². The number of amides is 1. The lowest BCUT2D eigenvalue weighted by Gasteiger charge is -2.18. The minimum atomic E-state index is -0.166. The second kappa shape index (κ2) is 8.47. The summed E-state index contributed by atoms with van der Waals surface area (Å²) in [6.45, 7) is 8.66. The summed E-state index contributed by atoms with van der Waals surface area (Å²) < 4.78 is 11.3. The molecule has 1 aromatic heterocycles. The fraction of sp³-hybridized carbons (Fsp3) is 0.348. The van der Waals surface area contributed by atoms with Gasteiger partial charge in [-0.2, -0.15) is 0 Å². The molecule has 0 unspecified atom stereocenters. The van der Waals surface area contributed by atoms with Gasteiger partial charge in [0.2, 0.25) is 11.8 Å². The van der Waals surface area contributed by atoms with Crippen molar-refractivity contribution in [2.24, 2.45) is 0 Å². The Morgan fingerprint density at radius 3 is 2.48 bits per heavy atom. The van der Waals surface area contributed by atoms with Gasteiger partial charge in [0.1, 0.15) is 5.75 Å². The van der Waals surface area contributed by atoms with Crippen LogP contribution in [-0.2, 0) is 16.8 Å². The third kappa shape index (κ3) is 5.44. The molecule has 2 aromatic carbocycles. The maximum atomic E-state index is 12.3. The van der Waals surface area contributed by atoms with Gasteiger partial charge in [0.25, 0.3) is 5.91 Å². The average Bonchev–Trinajstić information content (AvgIpc) is 3.14. The molecule has 29 heavy (non-hydrogen) atoms. The average molecular weight is 393 g/mol. The van der Waals surface area contributed by atoms with Gasteiger partial charge in [-0.3, -0.25) is 4.79 Å². The van der Waals surface area contributed by atoms with Gasteiger partial charge >= 0.3 is 0 Å². The molecule has 0 atom stereocenters. The SMILES string of the molecule is Cc1cccc(OCC(=O)N(C)Cc2nnc(-c3ccc(C(C)(C)C)cc3)o2)c1. The van der Waals surface area contributed by atoms with E-state index in [4.69, 9.17) is 9.15 Å². The zero-order chi connectivity index (χ0) is 21.0. The molecule has 3 rings (SSSR count). The molecule has 0 aliphatic carbocycles. The lowest BCUT2D eigenvalue weighted by molar-refractivity contribution is -0.132. The summed E-state index contributed by atoms with van der Waals surface area (Å²) in [7, 11) is 1.68. The van der Waals surface area contributed by atoms with Crippen LogP contribution in [0.15, 0.2) is 52.9 Å². The van der Waals surface area contributed by atoms with Crippen molar-refractivity contribution in [2.75, 3.05) is 13.7 Å². The van der Waals surface area contributed by atoms with E-state index in [2.05, 4.69) is 43.1 Å². The fourth-order valence-corrected chi connectivity index (χ4v) is 2.80. The second-order valence-corrected chi connectivity index (χ2v) is 8.18. The zero-order valence-electron chi connectivity index (χ0n) is 17.6. The van der Waals surface area contributed by atoms with Crippen molar-refractivity contribution in [3.05, 3.63) is 65.5 Å². The maximum Gasteiger partial charge on any atom is 0.260 e. The van der Waals surface area contributed by atoms with Crippen molar-refractivity contribution in [3.8, 4) is 17.2 Å². The summed E-state index contributed by atoms with van der Waals surface area (Å²) in [5.74, 6) is 1.33. The highest BCUT2D eigenvalue weighted by atomic mass is 16.5. The molecular formula is C23H27N3O3. The Morgan fingerprint density at radius 2 is 1.83 bits per heavy atom. The predicted molar refractivity (Wildman–Crippen MR) is 112 cm³/mol. The molecule has 6 nitrogen and oxygen atoms in total. The number of rotatable bonds is 6. The number of carbonyl (C=O) groups excluding carboxylic acids is 1. The maximum absolute atomic E-state index is 12.3. The molecule has 0 fully saturated rings. The summed E-state index contributed by atoms with van der Waals surface area (Å²) in [6, 6.07) is 15.7. The quantitative estimate of drug-likeness (QED) is 0.622. The van der Waals surface area contributed by atoms with Gasteiger partial charge in [-0.15, -0.1) is 10.2 Å². The zero-order valence-corrected chi connectivity index (χ0v) is 17.6. The Labute approximate surface area is 171 Å². The van der Waals surface area contributed by atoms with Gasteiger partial charge in [0.15, 0.2) is 6.61 Å². The number of ether oxygens (including phenoxy) is 1. The highest BCUT2D eigenvalue weighted by Gasteiger charge is 2.17. The van der Waals surface area contributed by atoms with Gasteiger partial charge in [0.05, 0.1) is 6.54 Å². The number of likely N-dealkylation sites (N-methyl/N-ethyl adjacent to an activating group) is 1. The molecule has 0 aliphatic heterocycles. The molecule has 3 aromatic rings. The van der Waals surface area contributed by atoms with E-state index in [-0.39, 0.29) is 24.5 Å². The third-order valence-electron chi connectivity index (χ3n) is 4.61. The van der Waals surface area contributed by atoms with Crippen LogP contribution in [0.2, 0.25) is 0 Å². The summed E-state index contributed by atoms with van der Waals surface area (Å²) in [6.07, 6.45) is 0. The topological polar surface area (TPSA) is 68.5 Å². The van der Waals surface area contributed by atoms with E-state index in [0.717, 1.165) is 11.1 Å². The first-order chi connectivity index (χ1) is 13.7. The molecule has 0 saturated carbocycles. The van der Waals surface area contributed by atoms with Crippen LogP contribution in [-0.4, -0.2) is 34.7 Å². The number of aromatic nitrogens is 2. The number of aryl methyl sites for hydroxylation is 1. The largest absolute Gasteiger partial charge is 0.484 e. The van der Waals surface area contributed by atoms with E-state index in [1.807, 2.05) is 43.3 Å². The first-order valence-corrected chi connectivity index (χ1v) is 9.59. The number of carbonyl (C=O) groups is 1. The fourth-order valence-electron chi connectivity index (χ4n) is 2.80. The Hall–Kier alpha value is -3.15. The van der Waals surface area contributed by atoms with E-state index in [1.54, 1.807) is 7.05 Å². The highest BCUT2D eigenvalue weighted by Crippen LogP contribution is 2.25. The van der Waals surface area contributed by atoms with Crippen molar-refractivity contribution in [1.29, 1.82) is 0 Å². The van der Waals surface area contributed by atoms with Gasteiger partial charge in [0, 0.05) is 12.6 Å². The lowest BCUT2D eigenvalue weighted by Crippen LogP contribution is -2.31. The smallest absolute Gasteiger partial charge is 0.260 e. The molecule has 1 amide bonds. The number of nitrogens with zero attached hydrogens (tertiary/aromatic N) is 3. The Kier molecular flexibility index (Phi) is 6.01. The van der Waals surface area contributed by atoms with Crippen molar-refractivity contribution >= 4 is 5.91 Å². The molecule has 0 bridgehead atoms. The van der Waals surface area contributed by atoms with Crippen LogP contribution < -0.4 is 4.74 Å². The predicted octanol–water partition coefficient (Wildman–Crippen LogP) is 4.38. The van der Waals surface area contributed by atoms with Crippen molar-refractivity contribution in [3.63, 3.8) is 0 Å². The molecule has 0 spiro atoms. The number of hydrogen-bond acceptors (Lipinski definition) is 5. The van der Waals surface area contributed by atoms with Crippen molar-refractivity contribution in [1.82, 2.24) is 15.1 Å². The van der Waals surface area contributed by atoms with Crippen LogP contribution in [0.25, 0.3) is 11.5 Å². The Balaban J connectivity index is 1.58. The normalized spacial score (nSPS) is 11.3. The molecular weight excluding hydrogens is 366 g/mol. The van der Waals surface area contributed by atoms with E-state index in [0.29, 0.717) is 17.5 Å². The molecule has 0 saturated heterocycles. The third-order valence-corrected chi connectivity index (χ3v) is 4.61. The van der Waals surface area contributed by atoms with Gasteiger partial charge < -0.3 is 14.1 Å². The first-order valence-electron chi connectivity index (χ1n) is 9.59.